The summed E-state index contributed by atoms with van der Waals surface area (Å²) in [6, 6.07) is 3.67. The minimum Gasteiger partial charge on any atom is -0.481 e. The summed E-state index contributed by atoms with van der Waals surface area (Å²) in [5.41, 5.74) is 2.02. The van der Waals surface area contributed by atoms with E-state index in [9.17, 15) is 14.4 Å². The fourth-order valence-corrected chi connectivity index (χ4v) is 1.68. The molecular formula is C13H15NO5. The van der Waals surface area contributed by atoms with Gasteiger partial charge in [0, 0.05) is 5.56 Å². The van der Waals surface area contributed by atoms with Crippen LogP contribution in [0.4, 0.5) is 0 Å². The summed E-state index contributed by atoms with van der Waals surface area (Å²) in [7, 11) is 0. The number of aryl methyl sites for hydroxylation is 2. The Hall–Kier alpha value is -2.37. The first-order chi connectivity index (χ1) is 8.81. The quantitative estimate of drug-likeness (QED) is 0.735. The van der Waals surface area contributed by atoms with Gasteiger partial charge in [0.2, 0.25) is 0 Å². The van der Waals surface area contributed by atoms with Gasteiger partial charge < -0.3 is 15.5 Å². The van der Waals surface area contributed by atoms with Gasteiger partial charge in [0.1, 0.15) is 6.04 Å². The number of amides is 1. The standard InChI is InChI=1S/C13H15NO5/c1-7-3-4-9(8(2)5-7)12(17)14-10(13(18)19)6-11(15)16/h3-5,10H,6H2,1-2H3,(H,14,17)(H,15,16)(H,18,19)/t10-/m0/s1. The van der Waals surface area contributed by atoms with E-state index in [0.717, 1.165) is 5.56 Å². The minimum atomic E-state index is -1.44. The molecule has 0 fully saturated rings. The third kappa shape index (κ3) is 4.09. The van der Waals surface area contributed by atoms with Crippen LogP contribution in [0.5, 0.6) is 0 Å². The van der Waals surface area contributed by atoms with Crippen molar-refractivity contribution in [2.24, 2.45) is 0 Å². The lowest BCUT2D eigenvalue weighted by atomic mass is 10.0. The molecule has 0 radical (unpaired) electrons. The van der Waals surface area contributed by atoms with E-state index in [1.54, 1.807) is 25.1 Å². The maximum Gasteiger partial charge on any atom is 0.326 e. The number of nitrogens with one attached hydrogen (secondary N) is 1. The van der Waals surface area contributed by atoms with Crippen LogP contribution in [0.2, 0.25) is 0 Å². The summed E-state index contributed by atoms with van der Waals surface area (Å²) < 4.78 is 0. The molecule has 102 valence electrons. The highest BCUT2D eigenvalue weighted by atomic mass is 16.4. The van der Waals surface area contributed by atoms with Gasteiger partial charge >= 0.3 is 11.9 Å². The number of carboxylic acids is 2. The molecule has 1 atom stereocenters. The smallest absolute Gasteiger partial charge is 0.326 e. The average molecular weight is 265 g/mol. The molecule has 1 rings (SSSR count). The molecule has 1 aromatic carbocycles. The SMILES string of the molecule is Cc1ccc(C(=O)N[C@@H](CC(=O)O)C(=O)O)c(C)c1. The van der Waals surface area contributed by atoms with Crippen molar-refractivity contribution in [3.63, 3.8) is 0 Å². The van der Waals surface area contributed by atoms with Crippen molar-refractivity contribution in [2.75, 3.05) is 0 Å². The predicted molar refractivity (Wildman–Crippen MR) is 67.1 cm³/mol. The molecular weight excluding hydrogens is 250 g/mol. The van der Waals surface area contributed by atoms with Gasteiger partial charge in [0.15, 0.2) is 0 Å². The van der Waals surface area contributed by atoms with E-state index >= 15 is 0 Å². The number of aliphatic carboxylic acids is 2. The van der Waals surface area contributed by atoms with Crippen LogP contribution in [-0.4, -0.2) is 34.1 Å². The predicted octanol–water partition coefficient (Wildman–Crippen LogP) is 0.961. The van der Waals surface area contributed by atoms with Gasteiger partial charge in [-0.3, -0.25) is 9.59 Å². The van der Waals surface area contributed by atoms with Crippen LogP contribution in [0.1, 0.15) is 27.9 Å². The Kier molecular flexibility index (Phi) is 4.63. The number of hydrogen-bond donors (Lipinski definition) is 3. The molecule has 6 heteroatoms. The second-order valence-electron chi connectivity index (χ2n) is 4.28. The summed E-state index contributed by atoms with van der Waals surface area (Å²) in [6.45, 7) is 3.61. The largest absolute Gasteiger partial charge is 0.481 e. The maximum absolute atomic E-state index is 11.9. The first kappa shape index (κ1) is 14.7. The highest BCUT2D eigenvalue weighted by Gasteiger charge is 2.24. The third-order valence-electron chi connectivity index (χ3n) is 2.61. The Labute approximate surface area is 110 Å². The van der Waals surface area contributed by atoms with Crippen LogP contribution >= 0.6 is 0 Å². The van der Waals surface area contributed by atoms with Gasteiger partial charge in [-0.1, -0.05) is 17.7 Å². The van der Waals surface area contributed by atoms with Gasteiger partial charge in [-0.05, 0) is 25.5 Å². The number of carboxylic acid groups (broad SMARTS) is 2. The lowest BCUT2D eigenvalue weighted by Gasteiger charge is -2.13. The first-order valence-electron chi connectivity index (χ1n) is 5.64. The summed E-state index contributed by atoms with van der Waals surface area (Å²) in [6.07, 6.45) is -0.661. The molecule has 6 nitrogen and oxygen atoms in total. The van der Waals surface area contributed by atoms with Crippen LogP contribution in [0.15, 0.2) is 18.2 Å². The average Bonchev–Trinajstić information content (AvgIpc) is 2.26. The van der Waals surface area contributed by atoms with Crippen LogP contribution in [-0.2, 0) is 9.59 Å². The molecule has 0 aliphatic carbocycles. The molecule has 0 saturated carbocycles. The summed E-state index contributed by atoms with van der Waals surface area (Å²) >= 11 is 0. The molecule has 3 N–H and O–H groups in total. The zero-order valence-electron chi connectivity index (χ0n) is 10.6. The van der Waals surface area contributed by atoms with Gasteiger partial charge in [0.25, 0.3) is 5.91 Å². The van der Waals surface area contributed by atoms with E-state index in [4.69, 9.17) is 10.2 Å². The van der Waals surface area contributed by atoms with E-state index in [2.05, 4.69) is 5.32 Å². The van der Waals surface area contributed by atoms with Gasteiger partial charge in [0.05, 0.1) is 6.42 Å². The third-order valence-corrected chi connectivity index (χ3v) is 2.61. The van der Waals surface area contributed by atoms with E-state index in [-0.39, 0.29) is 0 Å². The van der Waals surface area contributed by atoms with E-state index < -0.39 is 30.3 Å². The molecule has 0 saturated heterocycles. The molecule has 19 heavy (non-hydrogen) atoms. The number of hydrogen-bond acceptors (Lipinski definition) is 3. The summed E-state index contributed by atoms with van der Waals surface area (Å²) in [5.74, 6) is -3.25. The van der Waals surface area contributed by atoms with Crippen molar-refractivity contribution in [1.82, 2.24) is 5.32 Å². The van der Waals surface area contributed by atoms with E-state index in [1.165, 1.54) is 0 Å². The fraction of sp³-hybridized carbons (Fsp3) is 0.308. The molecule has 1 amide bonds. The van der Waals surface area contributed by atoms with Crippen molar-refractivity contribution in [2.45, 2.75) is 26.3 Å². The Bertz CT molecular complexity index is 524. The van der Waals surface area contributed by atoms with Gasteiger partial charge in [-0.15, -0.1) is 0 Å². The normalized spacial score (nSPS) is 11.7. The van der Waals surface area contributed by atoms with Crippen molar-refractivity contribution in [3.05, 3.63) is 34.9 Å². The van der Waals surface area contributed by atoms with Gasteiger partial charge in [-0.25, -0.2) is 4.79 Å². The molecule has 0 bridgehead atoms. The number of rotatable bonds is 5. The topological polar surface area (TPSA) is 104 Å². The van der Waals surface area contributed by atoms with Crippen molar-refractivity contribution in [1.29, 1.82) is 0 Å². The van der Waals surface area contributed by atoms with Crippen molar-refractivity contribution in [3.8, 4) is 0 Å². The first-order valence-corrected chi connectivity index (χ1v) is 5.64. The Morgan fingerprint density at radius 2 is 1.84 bits per heavy atom. The van der Waals surface area contributed by atoms with Crippen LogP contribution in [0, 0.1) is 13.8 Å². The van der Waals surface area contributed by atoms with Crippen LogP contribution < -0.4 is 5.32 Å². The van der Waals surface area contributed by atoms with Crippen LogP contribution in [0.25, 0.3) is 0 Å². The molecule has 0 spiro atoms. The highest BCUT2D eigenvalue weighted by Crippen LogP contribution is 2.11. The summed E-state index contributed by atoms with van der Waals surface area (Å²) in [4.78, 5) is 33.3. The Morgan fingerprint density at radius 1 is 1.21 bits per heavy atom. The lowest BCUT2D eigenvalue weighted by Crippen LogP contribution is -2.42. The zero-order valence-corrected chi connectivity index (χ0v) is 10.6. The van der Waals surface area contributed by atoms with Gasteiger partial charge in [-0.2, -0.15) is 0 Å². The number of benzene rings is 1. The zero-order chi connectivity index (χ0) is 14.6. The molecule has 0 heterocycles. The van der Waals surface area contributed by atoms with E-state index in [1.807, 2.05) is 6.92 Å². The second kappa shape index (κ2) is 5.99. The second-order valence-corrected chi connectivity index (χ2v) is 4.28. The number of carbonyl (C=O) groups excluding carboxylic acids is 1. The summed E-state index contributed by atoms with van der Waals surface area (Å²) in [5, 5.41) is 19.7. The maximum atomic E-state index is 11.9. The minimum absolute atomic E-state index is 0.335. The molecule has 0 aliphatic rings. The molecule has 0 aromatic heterocycles. The van der Waals surface area contributed by atoms with E-state index in [0.29, 0.717) is 11.1 Å². The fourth-order valence-electron chi connectivity index (χ4n) is 1.68. The highest BCUT2D eigenvalue weighted by molar-refractivity contribution is 5.98. The van der Waals surface area contributed by atoms with Crippen molar-refractivity contribution < 1.29 is 24.6 Å². The van der Waals surface area contributed by atoms with Crippen LogP contribution in [0.3, 0.4) is 0 Å². The molecule has 0 unspecified atom stereocenters. The Balaban J connectivity index is 2.87. The van der Waals surface area contributed by atoms with Crippen molar-refractivity contribution >= 4 is 17.8 Å². The lowest BCUT2D eigenvalue weighted by molar-refractivity contribution is -0.145. The molecule has 0 aliphatic heterocycles. The molecule has 1 aromatic rings. The monoisotopic (exact) mass is 265 g/mol. The number of carbonyl (C=O) groups is 3. The Morgan fingerprint density at radius 3 is 2.32 bits per heavy atom.